The van der Waals surface area contributed by atoms with E-state index in [1.165, 1.54) is 11.1 Å². The summed E-state index contributed by atoms with van der Waals surface area (Å²) in [6.07, 6.45) is 0.771. The molecule has 2 aliphatic heterocycles. The fourth-order valence-electron chi connectivity index (χ4n) is 7.63. The standard InChI is InChI=1S/C40H44N4O4S/c1-24-19-34(33-20-40(6,48-43-33)27-17-15-26(16-18-27)35-25(2)41-23-49-35)44(21-24)37(45)36(39(3,4)5)42-38(46)47-22-32-30-13-9-7-11-28(30)29-12-8-10-14-31(29)32/h7-18,23-24,32,34,36H,19-22H2,1-6H3,(H,42,46)/t24-,34+,36-,40?/m1/s1. The molecule has 3 heterocycles. The lowest BCUT2D eigenvalue weighted by Crippen LogP contribution is -2.56. The van der Waals surface area contributed by atoms with Crippen LogP contribution in [0.25, 0.3) is 21.6 Å². The van der Waals surface area contributed by atoms with E-state index in [9.17, 15) is 9.59 Å². The number of benzene rings is 3. The number of amides is 2. The minimum atomic E-state index is -0.784. The number of carbonyl (C=O) groups is 2. The van der Waals surface area contributed by atoms with Gasteiger partial charge in [-0.2, -0.15) is 0 Å². The fourth-order valence-corrected chi connectivity index (χ4v) is 8.45. The molecule has 1 aromatic heterocycles. The molecule has 1 N–H and O–H groups in total. The summed E-state index contributed by atoms with van der Waals surface area (Å²) < 4.78 is 5.87. The highest BCUT2D eigenvalue weighted by Crippen LogP contribution is 2.45. The molecule has 1 fully saturated rings. The molecule has 0 bridgehead atoms. The monoisotopic (exact) mass is 676 g/mol. The number of thiazole rings is 1. The Morgan fingerprint density at radius 1 is 1.04 bits per heavy atom. The first kappa shape index (κ1) is 33.0. The van der Waals surface area contributed by atoms with Crippen LogP contribution in [0.2, 0.25) is 0 Å². The van der Waals surface area contributed by atoms with Crippen LogP contribution in [0.3, 0.4) is 0 Å². The number of rotatable bonds is 7. The van der Waals surface area contributed by atoms with Crippen LogP contribution in [0.1, 0.15) is 75.8 Å². The molecule has 3 aliphatic rings. The molecule has 4 aromatic rings. The van der Waals surface area contributed by atoms with Gasteiger partial charge in [-0.25, -0.2) is 9.78 Å². The highest BCUT2D eigenvalue weighted by atomic mass is 32.1. The molecular weight excluding hydrogens is 633 g/mol. The zero-order valence-electron chi connectivity index (χ0n) is 29.0. The maximum Gasteiger partial charge on any atom is 0.407 e. The van der Waals surface area contributed by atoms with Gasteiger partial charge in [-0.3, -0.25) is 4.79 Å². The van der Waals surface area contributed by atoms with Crippen molar-refractivity contribution in [2.24, 2.45) is 16.5 Å². The van der Waals surface area contributed by atoms with Gasteiger partial charge in [0, 0.05) is 18.9 Å². The van der Waals surface area contributed by atoms with Crippen molar-refractivity contribution < 1.29 is 19.2 Å². The largest absolute Gasteiger partial charge is 0.449 e. The Balaban J connectivity index is 1.04. The van der Waals surface area contributed by atoms with Gasteiger partial charge in [-0.1, -0.05) is 106 Å². The molecule has 0 radical (unpaired) electrons. The number of alkyl carbamates (subject to hydrolysis) is 1. The van der Waals surface area contributed by atoms with Crippen molar-refractivity contribution in [2.75, 3.05) is 13.2 Å². The summed E-state index contributed by atoms with van der Waals surface area (Å²) in [4.78, 5) is 41.4. The molecule has 2 amide bonds. The predicted molar refractivity (Wildman–Crippen MR) is 194 cm³/mol. The van der Waals surface area contributed by atoms with E-state index >= 15 is 0 Å². The molecule has 0 spiro atoms. The van der Waals surface area contributed by atoms with Gasteiger partial charge in [0.25, 0.3) is 0 Å². The number of ether oxygens (including phenoxy) is 1. The average molecular weight is 677 g/mol. The van der Waals surface area contributed by atoms with E-state index in [0.29, 0.717) is 13.0 Å². The number of hydrogen-bond donors (Lipinski definition) is 1. The lowest BCUT2D eigenvalue weighted by Gasteiger charge is -2.35. The number of fused-ring (bicyclic) bond motifs is 3. The fraction of sp³-hybridized carbons (Fsp3) is 0.400. The summed E-state index contributed by atoms with van der Waals surface area (Å²) in [7, 11) is 0. The van der Waals surface area contributed by atoms with Gasteiger partial charge < -0.3 is 19.8 Å². The van der Waals surface area contributed by atoms with Gasteiger partial charge >= 0.3 is 6.09 Å². The second kappa shape index (κ2) is 12.8. The maximum atomic E-state index is 14.4. The van der Waals surface area contributed by atoms with Crippen molar-refractivity contribution in [3.8, 4) is 21.6 Å². The maximum absolute atomic E-state index is 14.4. The lowest BCUT2D eigenvalue weighted by atomic mass is 9.85. The van der Waals surface area contributed by atoms with Crippen molar-refractivity contribution in [3.05, 3.63) is 101 Å². The summed E-state index contributed by atoms with van der Waals surface area (Å²) in [5.74, 6) is 0.0879. The molecule has 49 heavy (non-hydrogen) atoms. The lowest BCUT2D eigenvalue weighted by molar-refractivity contribution is -0.136. The molecule has 1 unspecified atom stereocenters. The van der Waals surface area contributed by atoms with Gasteiger partial charge in [0.2, 0.25) is 5.91 Å². The average Bonchev–Trinajstić information content (AvgIpc) is 3.87. The van der Waals surface area contributed by atoms with Gasteiger partial charge in [-0.15, -0.1) is 11.3 Å². The van der Waals surface area contributed by atoms with Crippen LogP contribution in [0, 0.1) is 18.3 Å². The van der Waals surface area contributed by atoms with Gasteiger partial charge in [0.05, 0.1) is 27.8 Å². The first-order chi connectivity index (χ1) is 23.4. The molecular formula is C40H44N4O4S. The topological polar surface area (TPSA) is 93.1 Å². The number of nitrogens with one attached hydrogen (secondary N) is 1. The van der Waals surface area contributed by atoms with Crippen LogP contribution in [0.15, 0.2) is 83.5 Å². The minimum absolute atomic E-state index is 0.0616. The van der Waals surface area contributed by atoms with Crippen molar-refractivity contribution in [1.82, 2.24) is 15.2 Å². The summed E-state index contributed by atoms with van der Waals surface area (Å²) >= 11 is 1.63. The number of nitrogens with zero attached hydrogens (tertiary/aromatic N) is 3. The van der Waals surface area contributed by atoms with Crippen LogP contribution >= 0.6 is 11.3 Å². The second-order valence-electron chi connectivity index (χ2n) is 15.0. The number of carbonyl (C=O) groups excluding carboxylic acids is 2. The molecule has 8 nitrogen and oxygen atoms in total. The van der Waals surface area contributed by atoms with Crippen molar-refractivity contribution in [1.29, 1.82) is 0 Å². The van der Waals surface area contributed by atoms with Gasteiger partial charge in [0.15, 0.2) is 5.60 Å². The first-order valence-corrected chi connectivity index (χ1v) is 18.0. The summed E-state index contributed by atoms with van der Waals surface area (Å²) in [6.45, 7) is 12.9. The third kappa shape index (κ3) is 6.25. The van der Waals surface area contributed by atoms with E-state index in [0.717, 1.165) is 45.0 Å². The van der Waals surface area contributed by atoms with Crippen molar-refractivity contribution in [3.63, 3.8) is 0 Å². The smallest absolute Gasteiger partial charge is 0.407 e. The highest BCUT2D eigenvalue weighted by Gasteiger charge is 2.47. The molecule has 1 aliphatic carbocycles. The first-order valence-electron chi connectivity index (χ1n) is 17.1. The normalized spacial score (nSPS) is 22.2. The quantitative estimate of drug-likeness (QED) is 0.213. The Hall–Kier alpha value is -4.50. The van der Waals surface area contributed by atoms with E-state index in [-0.39, 0.29) is 30.4 Å². The predicted octanol–water partition coefficient (Wildman–Crippen LogP) is 8.30. The third-order valence-corrected chi connectivity index (χ3v) is 11.3. The number of oxime groups is 1. The van der Waals surface area contributed by atoms with Crippen LogP contribution in [0.5, 0.6) is 0 Å². The molecule has 3 aromatic carbocycles. The van der Waals surface area contributed by atoms with Gasteiger partial charge in [-0.05, 0) is 65.0 Å². The zero-order valence-corrected chi connectivity index (χ0v) is 29.8. The zero-order chi connectivity index (χ0) is 34.5. The van der Waals surface area contributed by atoms with Gasteiger partial charge in [0.1, 0.15) is 12.6 Å². The highest BCUT2D eigenvalue weighted by molar-refractivity contribution is 7.13. The Labute approximate surface area is 292 Å². The van der Waals surface area contributed by atoms with E-state index in [1.807, 2.05) is 62.4 Å². The minimum Gasteiger partial charge on any atom is -0.449 e. The third-order valence-electron chi connectivity index (χ3n) is 10.3. The van der Waals surface area contributed by atoms with Crippen molar-refractivity contribution >= 4 is 29.0 Å². The van der Waals surface area contributed by atoms with Crippen LogP contribution in [-0.2, 0) is 20.0 Å². The number of hydrogen-bond acceptors (Lipinski definition) is 7. The van der Waals surface area contributed by atoms with E-state index in [1.54, 1.807) is 11.3 Å². The summed E-state index contributed by atoms with van der Waals surface area (Å²) in [6, 6.07) is 23.9. The Kier molecular flexibility index (Phi) is 8.59. The second-order valence-corrected chi connectivity index (χ2v) is 15.9. The summed E-state index contributed by atoms with van der Waals surface area (Å²) in [5.41, 5.74) is 9.34. The molecule has 7 rings (SSSR count). The van der Waals surface area contributed by atoms with Crippen molar-refractivity contribution in [2.45, 2.75) is 78.0 Å². The van der Waals surface area contributed by atoms with E-state index in [4.69, 9.17) is 9.57 Å². The number of aryl methyl sites for hydroxylation is 1. The molecule has 9 heteroatoms. The van der Waals surface area contributed by atoms with E-state index < -0.39 is 23.2 Å². The Bertz CT molecular complexity index is 1870. The SMILES string of the molecule is Cc1ncsc1-c1ccc(C2(C)CC([C@@H]3C[C@@H](C)CN3C(=O)[C@@H](NC(=O)OCC3c4ccccc4-c4ccccc43)C(C)(C)C)=NO2)cc1. The number of likely N-dealkylation sites (tertiary alicyclic amines) is 1. The van der Waals surface area contributed by atoms with Crippen LogP contribution in [0.4, 0.5) is 4.79 Å². The summed E-state index contributed by atoms with van der Waals surface area (Å²) in [5, 5.41) is 7.56. The Morgan fingerprint density at radius 2 is 1.69 bits per heavy atom. The van der Waals surface area contributed by atoms with Crippen LogP contribution < -0.4 is 5.32 Å². The van der Waals surface area contributed by atoms with Crippen LogP contribution in [-0.4, -0.2) is 52.8 Å². The molecule has 4 atom stereocenters. The molecule has 0 saturated carbocycles. The Morgan fingerprint density at radius 3 is 2.31 bits per heavy atom. The molecule has 254 valence electrons. The number of aromatic nitrogens is 1. The molecule has 1 saturated heterocycles. The van der Waals surface area contributed by atoms with E-state index in [2.05, 4.69) is 77.8 Å².